The minimum atomic E-state index is -3.91. The van der Waals surface area contributed by atoms with E-state index in [4.69, 9.17) is 9.72 Å². The molecule has 222 valence electrons. The van der Waals surface area contributed by atoms with Gasteiger partial charge in [-0.15, -0.1) is 0 Å². The number of imidazole rings is 1. The second-order valence-electron chi connectivity index (χ2n) is 12.1. The van der Waals surface area contributed by atoms with Crippen molar-refractivity contribution in [2.24, 2.45) is 0 Å². The Hall–Kier alpha value is -4.04. The van der Waals surface area contributed by atoms with E-state index in [1.54, 1.807) is 53.1 Å². The average molecular weight is 613 g/mol. The zero-order chi connectivity index (χ0) is 31.1. The Morgan fingerprint density at radius 1 is 1.05 bits per heavy atom. The van der Waals surface area contributed by atoms with Gasteiger partial charge in [0.15, 0.2) is 5.82 Å². The van der Waals surface area contributed by atoms with Gasteiger partial charge >= 0.3 is 0 Å². The van der Waals surface area contributed by atoms with Crippen LogP contribution in [0.15, 0.2) is 65.7 Å². The van der Waals surface area contributed by atoms with Gasteiger partial charge in [-0.25, -0.2) is 17.4 Å². The van der Waals surface area contributed by atoms with Crippen LogP contribution in [-0.4, -0.2) is 42.4 Å². The molecule has 3 aromatic carbocycles. The highest BCUT2D eigenvalue weighted by Gasteiger charge is 2.28. The lowest BCUT2D eigenvalue weighted by molar-refractivity contribution is 0.0835. The van der Waals surface area contributed by atoms with E-state index in [2.05, 4.69) is 25.7 Å². The Morgan fingerprint density at radius 3 is 2.42 bits per heavy atom. The van der Waals surface area contributed by atoms with Gasteiger partial charge in [-0.05, 0) is 73.8 Å². The van der Waals surface area contributed by atoms with Gasteiger partial charge in [0.1, 0.15) is 6.73 Å². The summed E-state index contributed by atoms with van der Waals surface area (Å²) in [6.45, 7) is 13.2. The number of fused-ring (bicyclic) bond motifs is 2. The van der Waals surface area contributed by atoms with Crippen molar-refractivity contribution in [2.45, 2.75) is 64.5 Å². The number of benzene rings is 3. The summed E-state index contributed by atoms with van der Waals surface area (Å²) < 4.78 is 36.6. The van der Waals surface area contributed by atoms with E-state index < -0.39 is 18.1 Å². The smallest absolute Gasteiger partial charge is 0.268 e. The minimum Gasteiger partial charge on any atom is -0.361 e. The Bertz CT molecular complexity index is 2010. The molecule has 5 aromatic rings. The lowest BCUT2D eigenvalue weighted by atomic mass is 9.94. The highest BCUT2D eigenvalue weighted by molar-refractivity contribution is 7.90. The molecule has 0 aliphatic rings. The van der Waals surface area contributed by atoms with Crippen LogP contribution in [-0.2, 0) is 27.9 Å². The number of aryl methyl sites for hydroxylation is 3. The van der Waals surface area contributed by atoms with Gasteiger partial charge in [-0.3, -0.25) is 9.36 Å². The predicted octanol–water partition coefficient (Wildman–Crippen LogP) is 6.82. The van der Waals surface area contributed by atoms with E-state index in [0.717, 1.165) is 22.7 Å². The van der Waals surface area contributed by atoms with Gasteiger partial charge in [0.2, 0.25) is 5.78 Å². The van der Waals surface area contributed by atoms with Gasteiger partial charge < -0.3 is 4.74 Å². The van der Waals surface area contributed by atoms with Crippen LogP contribution in [0.3, 0.4) is 0 Å². The van der Waals surface area contributed by atoms with Crippen LogP contribution in [0.25, 0.3) is 21.9 Å². The molecule has 8 nitrogen and oxygen atoms in total. The van der Waals surface area contributed by atoms with Crippen LogP contribution in [0, 0.1) is 25.2 Å². The number of nitrogens with zero attached hydrogens (tertiary/aromatic N) is 4. The van der Waals surface area contributed by atoms with Gasteiger partial charge in [0, 0.05) is 31.8 Å². The molecule has 0 saturated carbocycles. The summed E-state index contributed by atoms with van der Waals surface area (Å²) in [7, 11) is -5.25. The van der Waals surface area contributed by atoms with Crippen molar-refractivity contribution in [3.05, 3.63) is 94.4 Å². The summed E-state index contributed by atoms with van der Waals surface area (Å²) in [5.74, 6) is -0.136. The molecule has 2 heterocycles. The van der Waals surface area contributed by atoms with Gasteiger partial charge in [-0.1, -0.05) is 50.3 Å². The highest BCUT2D eigenvalue weighted by atomic mass is 32.2. The lowest BCUT2D eigenvalue weighted by Crippen LogP contribution is -2.22. The standard InChI is InChI=1S/C33H36N4O4SSi/c1-7-25-18-23(3)31-27(14-15-37(31)42(39,40)26-11-8-22(2)9-12-26)30(25)32(38)33-35-28-13-10-24(20-34)19-29(28)36(33)21-41-16-17-43(4,5)6/h8-15,18-19H,7,16-17,21H2,1-6H3. The molecular weight excluding hydrogens is 577 g/mol. The number of nitriles is 1. The van der Waals surface area contributed by atoms with Crippen LogP contribution < -0.4 is 0 Å². The molecule has 0 saturated heterocycles. The van der Waals surface area contributed by atoms with Crippen molar-refractivity contribution < 1.29 is 17.9 Å². The Morgan fingerprint density at radius 2 is 1.77 bits per heavy atom. The number of ether oxygens (including phenoxy) is 1. The molecular formula is C33H36N4O4SSi. The first kappa shape index (κ1) is 30.4. The third-order valence-corrected chi connectivity index (χ3v) is 11.1. The monoisotopic (exact) mass is 612 g/mol. The van der Waals surface area contributed by atoms with Crippen molar-refractivity contribution in [1.29, 1.82) is 5.26 Å². The summed E-state index contributed by atoms with van der Waals surface area (Å²) in [6, 6.07) is 18.6. The summed E-state index contributed by atoms with van der Waals surface area (Å²) >= 11 is 0. The maximum atomic E-state index is 14.5. The molecule has 0 bridgehead atoms. The van der Waals surface area contributed by atoms with Crippen LogP contribution in [0.4, 0.5) is 0 Å². The molecule has 2 aromatic heterocycles. The number of hydrogen-bond acceptors (Lipinski definition) is 6. The van der Waals surface area contributed by atoms with Crippen molar-refractivity contribution >= 4 is 45.8 Å². The number of carbonyl (C=O) groups excluding carboxylic acids is 1. The van der Waals surface area contributed by atoms with E-state index in [9.17, 15) is 18.5 Å². The maximum Gasteiger partial charge on any atom is 0.268 e. The summed E-state index contributed by atoms with van der Waals surface area (Å²) in [4.78, 5) is 19.4. The maximum absolute atomic E-state index is 14.5. The lowest BCUT2D eigenvalue weighted by Gasteiger charge is -2.17. The third-order valence-electron chi connectivity index (χ3n) is 7.69. The highest BCUT2D eigenvalue weighted by Crippen LogP contribution is 2.33. The topological polar surface area (TPSA) is 107 Å². The fourth-order valence-electron chi connectivity index (χ4n) is 5.29. The quantitative estimate of drug-likeness (QED) is 0.0973. The molecule has 0 atom stereocenters. The summed E-state index contributed by atoms with van der Waals surface area (Å²) in [5, 5.41) is 10.1. The van der Waals surface area contributed by atoms with Crippen LogP contribution >= 0.6 is 0 Å². The van der Waals surface area contributed by atoms with E-state index in [1.807, 2.05) is 26.8 Å². The molecule has 10 heteroatoms. The second-order valence-corrected chi connectivity index (χ2v) is 19.6. The molecule has 0 unspecified atom stereocenters. The third kappa shape index (κ3) is 5.80. The van der Waals surface area contributed by atoms with E-state index >= 15 is 0 Å². The zero-order valence-electron chi connectivity index (χ0n) is 25.4. The number of aromatic nitrogens is 3. The first-order chi connectivity index (χ1) is 20.4. The summed E-state index contributed by atoms with van der Waals surface area (Å²) in [5.41, 5.74) is 5.07. The van der Waals surface area contributed by atoms with Crippen molar-refractivity contribution in [2.75, 3.05) is 6.61 Å². The molecule has 0 amide bonds. The molecule has 0 aliphatic heterocycles. The molecule has 0 spiro atoms. The summed E-state index contributed by atoms with van der Waals surface area (Å²) in [6.07, 6.45) is 2.09. The Labute approximate surface area is 253 Å². The number of hydrogen-bond donors (Lipinski definition) is 0. The largest absolute Gasteiger partial charge is 0.361 e. The zero-order valence-corrected chi connectivity index (χ0v) is 27.2. The molecule has 0 fully saturated rings. The molecule has 0 radical (unpaired) electrons. The number of carbonyl (C=O) groups is 1. The van der Waals surface area contributed by atoms with Crippen LogP contribution in [0.2, 0.25) is 25.7 Å². The van der Waals surface area contributed by atoms with E-state index in [-0.39, 0.29) is 23.2 Å². The molecule has 0 N–H and O–H groups in total. The van der Waals surface area contributed by atoms with Crippen LogP contribution in [0.5, 0.6) is 0 Å². The van der Waals surface area contributed by atoms with Gasteiger partial charge in [-0.2, -0.15) is 5.26 Å². The normalized spacial score (nSPS) is 12.2. The fraction of sp³-hybridized carbons (Fsp3) is 0.303. The Balaban J connectivity index is 1.67. The molecule has 5 rings (SSSR count). The van der Waals surface area contributed by atoms with Gasteiger partial charge in [0.05, 0.1) is 33.1 Å². The Kier molecular flexibility index (Phi) is 8.18. The second kappa shape index (κ2) is 11.6. The van der Waals surface area contributed by atoms with Crippen molar-refractivity contribution in [3.63, 3.8) is 0 Å². The van der Waals surface area contributed by atoms with Crippen LogP contribution in [0.1, 0.15) is 45.4 Å². The molecule has 0 aliphatic carbocycles. The average Bonchev–Trinajstić information content (AvgIpc) is 3.57. The first-order valence-electron chi connectivity index (χ1n) is 14.3. The van der Waals surface area contributed by atoms with E-state index in [1.165, 1.54) is 10.2 Å². The minimum absolute atomic E-state index is 0.107. The van der Waals surface area contributed by atoms with Crippen molar-refractivity contribution in [3.8, 4) is 6.07 Å². The SMILES string of the molecule is CCc1cc(C)c2c(ccn2S(=O)(=O)c2ccc(C)cc2)c1C(=O)c1nc2ccc(C#N)cc2n1COCC[Si](C)(C)C. The van der Waals surface area contributed by atoms with E-state index in [0.29, 0.717) is 46.1 Å². The predicted molar refractivity (Wildman–Crippen MR) is 172 cm³/mol. The number of ketones is 1. The number of rotatable bonds is 10. The molecule has 43 heavy (non-hydrogen) atoms. The van der Waals surface area contributed by atoms with Crippen molar-refractivity contribution in [1.82, 2.24) is 13.5 Å². The first-order valence-corrected chi connectivity index (χ1v) is 19.5. The van der Waals surface area contributed by atoms with Gasteiger partial charge in [0.25, 0.3) is 10.0 Å². The fourth-order valence-corrected chi connectivity index (χ4v) is 7.46.